The number of benzene rings is 2. The van der Waals surface area contributed by atoms with Crippen LogP contribution in [0.2, 0.25) is 0 Å². The molecule has 3 atom stereocenters. The lowest BCUT2D eigenvalue weighted by Crippen LogP contribution is -2.42. The number of aromatic nitrogens is 4. The van der Waals surface area contributed by atoms with Crippen molar-refractivity contribution >= 4 is 11.0 Å². The van der Waals surface area contributed by atoms with Gasteiger partial charge in [0.2, 0.25) is 0 Å². The summed E-state index contributed by atoms with van der Waals surface area (Å²) in [6.07, 6.45) is 7.76. The molecular formula is C31H38N6. The molecule has 0 unspecified atom stereocenters. The fraction of sp³-hybridized carbons (Fsp3) is 0.355. The maximum Gasteiger partial charge on any atom is 0.130 e. The van der Waals surface area contributed by atoms with Gasteiger partial charge in [-0.05, 0) is 54.0 Å². The first-order valence-electron chi connectivity index (χ1n) is 13.5. The zero-order valence-corrected chi connectivity index (χ0v) is 22.2. The molecule has 0 spiro atoms. The average Bonchev–Trinajstić information content (AvgIpc) is 3.71. The molecule has 0 radical (unpaired) electrons. The zero-order valence-electron chi connectivity index (χ0n) is 22.2. The molecule has 2 aromatic heterocycles. The van der Waals surface area contributed by atoms with E-state index in [0.717, 1.165) is 71.7 Å². The lowest BCUT2D eigenvalue weighted by molar-refractivity contribution is 0.264. The van der Waals surface area contributed by atoms with Gasteiger partial charge in [-0.2, -0.15) is 0 Å². The van der Waals surface area contributed by atoms with E-state index in [4.69, 9.17) is 4.98 Å². The van der Waals surface area contributed by atoms with Crippen LogP contribution in [0.1, 0.15) is 58.3 Å². The average molecular weight is 495 g/mol. The van der Waals surface area contributed by atoms with Crippen molar-refractivity contribution < 1.29 is 0 Å². The van der Waals surface area contributed by atoms with E-state index in [2.05, 4.69) is 102 Å². The van der Waals surface area contributed by atoms with E-state index < -0.39 is 0 Å². The quantitative estimate of drug-likeness (QED) is 0.218. The number of H-pyrrole nitrogens is 2. The fourth-order valence-electron chi connectivity index (χ4n) is 5.31. The van der Waals surface area contributed by atoms with Gasteiger partial charge in [0, 0.05) is 17.9 Å². The highest BCUT2D eigenvalue weighted by molar-refractivity contribution is 5.82. The molecule has 1 aliphatic rings. The van der Waals surface area contributed by atoms with E-state index >= 15 is 0 Å². The molecule has 0 bridgehead atoms. The molecule has 1 fully saturated rings. The summed E-state index contributed by atoms with van der Waals surface area (Å²) in [4.78, 5) is 18.4. The Morgan fingerprint density at radius 1 is 1.11 bits per heavy atom. The molecule has 3 heterocycles. The summed E-state index contributed by atoms with van der Waals surface area (Å²) in [5, 5.41) is 3.66. The largest absolute Gasteiger partial charge is 0.380 e. The van der Waals surface area contributed by atoms with Crippen molar-refractivity contribution in [1.82, 2.24) is 30.2 Å². The molecule has 6 nitrogen and oxygen atoms in total. The second kappa shape index (κ2) is 10.7. The molecule has 2 aromatic carbocycles. The number of hydrogen-bond acceptors (Lipinski definition) is 4. The second-order valence-electron chi connectivity index (χ2n) is 10.2. The molecule has 6 heteroatoms. The van der Waals surface area contributed by atoms with E-state index in [-0.39, 0.29) is 12.1 Å². The summed E-state index contributed by atoms with van der Waals surface area (Å²) in [7, 11) is 0. The van der Waals surface area contributed by atoms with Crippen molar-refractivity contribution in [3.05, 3.63) is 85.4 Å². The number of fused-ring (bicyclic) bond motifs is 1. The Morgan fingerprint density at radius 3 is 2.57 bits per heavy atom. The Bertz CT molecular complexity index is 1360. The van der Waals surface area contributed by atoms with Gasteiger partial charge in [-0.15, -0.1) is 0 Å². The number of imidazole rings is 2. The van der Waals surface area contributed by atoms with Gasteiger partial charge in [0.15, 0.2) is 0 Å². The molecule has 3 N–H and O–H groups in total. The monoisotopic (exact) mass is 494 g/mol. The Kier molecular flexibility index (Phi) is 7.17. The molecule has 1 saturated heterocycles. The van der Waals surface area contributed by atoms with Crippen molar-refractivity contribution in [2.24, 2.45) is 5.92 Å². The van der Waals surface area contributed by atoms with Crippen molar-refractivity contribution in [1.29, 1.82) is 0 Å². The standard InChI is InChI=1S/C31H38N6/c1-6-20(3)30(34-21(4)7-2)22(5)37-16-8-9-29(37)31-35-26-15-14-25(17-27(26)36-31)23-10-12-24(13-11-23)28-18-32-19-33-28/h10-15,17-20,29-30,34H,4-9,16H2,1-3H3,(H,32,33)(H,35,36)/t20-,29-,30-/m0/s1. The van der Waals surface area contributed by atoms with E-state index in [0.29, 0.717) is 5.92 Å². The lowest BCUT2D eigenvalue weighted by Gasteiger charge is -2.36. The lowest BCUT2D eigenvalue weighted by atomic mass is 9.95. The van der Waals surface area contributed by atoms with Crippen molar-refractivity contribution in [2.45, 2.75) is 58.5 Å². The molecule has 192 valence electrons. The molecule has 0 aliphatic carbocycles. The van der Waals surface area contributed by atoms with Crippen LogP contribution < -0.4 is 5.32 Å². The van der Waals surface area contributed by atoms with Gasteiger partial charge >= 0.3 is 0 Å². The predicted octanol–water partition coefficient (Wildman–Crippen LogP) is 7.20. The van der Waals surface area contributed by atoms with Gasteiger partial charge in [0.1, 0.15) is 5.82 Å². The molecule has 5 rings (SSSR count). The molecular weight excluding hydrogens is 456 g/mol. The SMILES string of the molecule is C=C(CC)N[C@H](C(=C)N1CCC[C@H]1c1nc2ccc(-c3ccc(-c4cnc[nH]4)cc3)cc2[nH]1)[C@@H](C)CC. The van der Waals surface area contributed by atoms with E-state index in [1.165, 1.54) is 11.1 Å². The van der Waals surface area contributed by atoms with Crippen LogP contribution in [-0.4, -0.2) is 37.4 Å². The first-order valence-corrected chi connectivity index (χ1v) is 13.5. The van der Waals surface area contributed by atoms with Gasteiger partial charge in [-0.1, -0.05) is 70.7 Å². The normalized spacial score (nSPS) is 17.2. The Hall–Kier alpha value is -3.80. The van der Waals surface area contributed by atoms with Gasteiger partial charge < -0.3 is 20.2 Å². The third kappa shape index (κ3) is 5.06. The highest BCUT2D eigenvalue weighted by Crippen LogP contribution is 2.37. The van der Waals surface area contributed by atoms with Crippen LogP contribution >= 0.6 is 0 Å². The number of nitrogens with one attached hydrogen (secondary N) is 3. The van der Waals surface area contributed by atoms with Crippen LogP contribution in [0.15, 0.2) is 79.5 Å². The number of rotatable bonds is 10. The molecule has 37 heavy (non-hydrogen) atoms. The first kappa shape index (κ1) is 24.9. The smallest absolute Gasteiger partial charge is 0.130 e. The minimum Gasteiger partial charge on any atom is -0.380 e. The van der Waals surface area contributed by atoms with Crippen molar-refractivity contribution in [3.63, 3.8) is 0 Å². The summed E-state index contributed by atoms with van der Waals surface area (Å²) < 4.78 is 0. The number of hydrogen-bond donors (Lipinski definition) is 3. The van der Waals surface area contributed by atoms with Crippen LogP contribution in [0.25, 0.3) is 33.4 Å². The van der Waals surface area contributed by atoms with E-state index in [9.17, 15) is 0 Å². The minimum absolute atomic E-state index is 0.179. The van der Waals surface area contributed by atoms with E-state index in [1.54, 1.807) is 6.33 Å². The van der Waals surface area contributed by atoms with E-state index in [1.807, 2.05) is 6.20 Å². The third-order valence-electron chi connectivity index (χ3n) is 7.82. The van der Waals surface area contributed by atoms with Gasteiger partial charge in [-0.25, -0.2) is 9.97 Å². The first-order chi connectivity index (χ1) is 18.0. The molecule has 0 saturated carbocycles. The minimum atomic E-state index is 0.179. The molecule has 4 aromatic rings. The highest BCUT2D eigenvalue weighted by atomic mass is 15.2. The van der Waals surface area contributed by atoms with Gasteiger partial charge in [0.25, 0.3) is 0 Å². The predicted molar refractivity (Wildman–Crippen MR) is 153 cm³/mol. The fourth-order valence-corrected chi connectivity index (χ4v) is 5.31. The second-order valence-corrected chi connectivity index (χ2v) is 10.2. The van der Waals surface area contributed by atoms with Crippen LogP contribution in [0.3, 0.4) is 0 Å². The third-order valence-corrected chi connectivity index (χ3v) is 7.82. The van der Waals surface area contributed by atoms with Crippen LogP contribution in [-0.2, 0) is 0 Å². The highest BCUT2D eigenvalue weighted by Gasteiger charge is 2.33. The molecule has 0 amide bonds. The summed E-state index contributed by atoms with van der Waals surface area (Å²) in [6, 6.07) is 15.4. The van der Waals surface area contributed by atoms with Gasteiger partial charge in [-0.3, -0.25) is 0 Å². The number of aromatic amines is 2. The van der Waals surface area contributed by atoms with Crippen LogP contribution in [0.5, 0.6) is 0 Å². The Labute approximate surface area is 219 Å². The van der Waals surface area contributed by atoms with Crippen molar-refractivity contribution in [3.8, 4) is 22.4 Å². The Morgan fingerprint density at radius 2 is 1.86 bits per heavy atom. The maximum atomic E-state index is 5.02. The van der Waals surface area contributed by atoms with Gasteiger partial charge in [0.05, 0.1) is 41.3 Å². The summed E-state index contributed by atoms with van der Waals surface area (Å²) in [6.45, 7) is 16.5. The van der Waals surface area contributed by atoms with Crippen molar-refractivity contribution in [2.75, 3.05) is 6.54 Å². The number of likely N-dealkylation sites (tertiary alicyclic amines) is 1. The topological polar surface area (TPSA) is 72.6 Å². The van der Waals surface area contributed by atoms with Crippen LogP contribution in [0.4, 0.5) is 0 Å². The maximum absolute atomic E-state index is 5.02. The summed E-state index contributed by atoms with van der Waals surface area (Å²) in [5.41, 5.74) is 8.77. The summed E-state index contributed by atoms with van der Waals surface area (Å²) >= 11 is 0. The number of allylic oxidation sites excluding steroid dienone is 1. The number of nitrogens with zero attached hydrogens (tertiary/aromatic N) is 3. The summed E-state index contributed by atoms with van der Waals surface area (Å²) in [5.74, 6) is 1.49. The van der Waals surface area contributed by atoms with Crippen LogP contribution in [0, 0.1) is 5.92 Å². The zero-order chi connectivity index (χ0) is 25.9. The Balaban J connectivity index is 1.38. The molecule has 1 aliphatic heterocycles.